The second-order valence-corrected chi connectivity index (χ2v) is 7.55. The number of amides is 5. The van der Waals surface area contributed by atoms with Crippen LogP contribution in [0, 0.1) is 0 Å². The molecule has 0 aromatic heterocycles. The third-order valence-electron chi connectivity index (χ3n) is 5.45. The molecule has 0 radical (unpaired) electrons. The smallest absolute Gasteiger partial charge is 0.348 e. The molecule has 1 atom stereocenters. The summed E-state index contributed by atoms with van der Waals surface area (Å²) >= 11 is 0. The molecular formula is C22H16F3N3O5. The van der Waals surface area contributed by atoms with Crippen LogP contribution in [0.3, 0.4) is 0 Å². The van der Waals surface area contributed by atoms with Crippen molar-refractivity contribution in [2.45, 2.75) is 31.6 Å². The normalized spacial score (nSPS) is 18.3. The quantitative estimate of drug-likeness (QED) is 0.680. The van der Waals surface area contributed by atoms with Gasteiger partial charge in [0.15, 0.2) is 0 Å². The molecule has 0 aliphatic carbocycles. The zero-order chi connectivity index (χ0) is 23.9. The summed E-state index contributed by atoms with van der Waals surface area (Å²) in [5, 5.41) is 4.56. The lowest BCUT2D eigenvalue weighted by Gasteiger charge is -2.27. The Labute approximate surface area is 184 Å². The number of halogens is 3. The van der Waals surface area contributed by atoms with Crippen molar-refractivity contribution in [2.75, 3.05) is 0 Å². The molecule has 2 aliphatic heterocycles. The standard InChI is InChI=1S/C22H16F3N3O5/c23-22(24,25)13-5-1-3-11(9-13)18(30)26-10-12-4-2-6-14-17(12)21(33)28(20(14)32)15-7-8-16(29)27-19(15)31/h1-6,9,15H,7-8,10H2,(H,26,30)(H,27,29,31). The molecule has 0 saturated carbocycles. The summed E-state index contributed by atoms with van der Waals surface area (Å²) in [4.78, 5) is 62.6. The molecule has 2 aromatic carbocycles. The first-order chi connectivity index (χ1) is 15.6. The Morgan fingerprint density at radius 3 is 2.48 bits per heavy atom. The van der Waals surface area contributed by atoms with E-state index in [1.165, 1.54) is 24.3 Å². The van der Waals surface area contributed by atoms with Crippen LogP contribution in [0.4, 0.5) is 13.2 Å². The number of alkyl halides is 3. The van der Waals surface area contributed by atoms with Gasteiger partial charge in [-0.3, -0.25) is 34.2 Å². The molecule has 5 amide bonds. The fourth-order valence-corrected chi connectivity index (χ4v) is 3.85. The van der Waals surface area contributed by atoms with Crippen LogP contribution in [0.15, 0.2) is 42.5 Å². The minimum absolute atomic E-state index is 0.00223. The van der Waals surface area contributed by atoms with Gasteiger partial charge in [0.05, 0.1) is 16.7 Å². The predicted molar refractivity (Wildman–Crippen MR) is 106 cm³/mol. The zero-order valence-corrected chi connectivity index (χ0v) is 16.9. The first-order valence-corrected chi connectivity index (χ1v) is 9.87. The molecule has 2 heterocycles. The molecule has 2 aliphatic rings. The van der Waals surface area contributed by atoms with Gasteiger partial charge in [0.1, 0.15) is 6.04 Å². The molecule has 1 unspecified atom stereocenters. The number of hydrogen-bond donors (Lipinski definition) is 2. The summed E-state index contributed by atoms with van der Waals surface area (Å²) in [7, 11) is 0. The van der Waals surface area contributed by atoms with Crippen LogP contribution >= 0.6 is 0 Å². The number of hydrogen-bond acceptors (Lipinski definition) is 5. The molecule has 33 heavy (non-hydrogen) atoms. The third kappa shape index (κ3) is 4.09. The molecule has 11 heteroatoms. The summed E-state index contributed by atoms with van der Waals surface area (Å²) in [5.41, 5.74) is -0.894. The van der Waals surface area contributed by atoms with Gasteiger partial charge < -0.3 is 5.32 Å². The number of carbonyl (C=O) groups is 5. The highest BCUT2D eigenvalue weighted by atomic mass is 19.4. The van der Waals surface area contributed by atoms with E-state index in [0.717, 1.165) is 17.0 Å². The molecule has 2 N–H and O–H groups in total. The topological polar surface area (TPSA) is 113 Å². The largest absolute Gasteiger partial charge is 0.416 e. The van der Waals surface area contributed by atoms with Crippen LogP contribution in [0.5, 0.6) is 0 Å². The van der Waals surface area contributed by atoms with E-state index >= 15 is 0 Å². The lowest BCUT2D eigenvalue weighted by Crippen LogP contribution is -2.54. The van der Waals surface area contributed by atoms with E-state index in [1.807, 2.05) is 0 Å². The Bertz CT molecular complexity index is 1210. The number of rotatable bonds is 4. The highest BCUT2D eigenvalue weighted by molar-refractivity contribution is 6.24. The van der Waals surface area contributed by atoms with Crippen molar-refractivity contribution >= 4 is 29.5 Å². The van der Waals surface area contributed by atoms with Crippen LogP contribution in [-0.4, -0.2) is 40.5 Å². The number of nitrogens with one attached hydrogen (secondary N) is 2. The molecule has 4 rings (SSSR count). The number of benzene rings is 2. The fourth-order valence-electron chi connectivity index (χ4n) is 3.85. The van der Waals surface area contributed by atoms with E-state index in [0.29, 0.717) is 6.07 Å². The highest BCUT2D eigenvalue weighted by Crippen LogP contribution is 2.31. The lowest BCUT2D eigenvalue weighted by molar-refractivity contribution is -0.138. The van der Waals surface area contributed by atoms with Crippen molar-refractivity contribution in [1.29, 1.82) is 0 Å². The number of nitrogens with zero attached hydrogens (tertiary/aromatic N) is 1. The minimum atomic E-state index is -4.61. The van der Waals surface area contributed by atoms with Gasteiger partial charge in [-0.05, 0) is 36.2 Å². The second-order valence-electron chi connectivity index (χ2n) is 7.55. The Kier molecular flexibility index (Phi) is 5.48. The average molecular weight is 459 g/mol. The van der Waals surface area contributed by atoms with Crippen molar-refractivity contribution in [3.63, 3.8) is 0 Å². The number of fused-ring (bicyclic) bond motifs is 1. The number of piperidine rings is 1. The lowest BCUT2D eigenvalue weighted by atomic mass is 10.0. The van der Waals surface area contributed by atoms with Gasteiger partial charge in [0.25, 0.3) is 17.7 Å². The van der Waals surface area contributed by atoms with E-state index in [9.17, 15) is 37.1 Å². The molecule has 1 saturated heterocycles. The van der Waals surface area contributed by atoms with Gasteiger partial charge in [0.2, 0.25) is 11.8 Å². The Balaban J connectivity index is 1.55. The maximum atomic E-state index is 13.0. The van der Waals surface area contributed by atoms with Crippen LogP contribution < -0.4 is 10.6 Å². The van der Waals surface area contributed by atoms with Crippen molar-refractivity contribution in [3.8, 4) is 0 Å². The summed E-state index contributed by atoms with van der Waals surface area (Å²) in [5.74, 6) is -3.48. The maximum absolute atomic E-state index is 13.0. The maximum Gasteiger partial charge on any atom is 0.416 e. The molecule has 0 spiro atoms. The van der Waals surface area contributed by atoms with Crippen LogP contribution in [0.2, 0.25) is 0 Å². The molecular weight excluding hydrogens is 443 g/mol. The molecule has 2 aromatic rings. The van der Waals surface area contributed by atoms with E-state index in [2.05, 4.69) is 10.6 Å². The Morgan fingerprint density at radius 2 is 1.79 bits per heavy atom. The Hall–Kier alpha value is -4.02. The van der Waals surface area contributed by atoms with Crippen molar-refractivity contribution in [3.05, 3.63) is 70.3 Å². The first kappa shape index (κ1) is 22.2. The summed E-state index contributed by atoms with van der Waals surface area (Å²) < 4.78 is 38.7. The van der Waals surface area contributed by atoms with Crippen LogP contribution in [0.1, 0.15) is 55.0 Å². The van der Waals surface area contributed by atoms with Crippen molar-refractivity contribution in [2.24, 2.45) is 0 Å². The van der Waals surface area contributed by atoms with E-state index in [1.54, 1.807) is 0 Å². The van der Waals surface area contributed by atoms with E-state index < -0.39 is 47.3 Å². The molecule has 0 bridgehead atoms. The summed E-state index contributed by atoms with van der Waals surface area (Å²) in [6.07, 6.45) is -4.63. The number of imide groups is 2. The van der Waals surface area contributed by atoms with Crippen molar-refractivity contribution < 1.29 is 37.1 Å². The SMILES string of the molecule is O=C1CCC(N2C(=O)c3cccc(CNC(=O)c4cccc(C(F)(F)F)c4)c3C2=O)C(=O)N1. The van der Waals surface area contributed by atoms with Gasteiger partial charge in [-0.15, -0.1) is 0 Å². The molecule has 8 nitrogen and oxygen atoms in total. The van der Waals surface area contributed by atoms with Crippen molar-refractivity contribution in [1.82, 2.24) is 15.5 Å². The first-order valence-electron chi connectivity index (χ1n) is 9.87. The summed E-state index contributed by atoms with van der Waals surface area (Å²) in [6, 6.07) is 7.13. The van der Waals surface area contributed by atoms with Gasteiger partial charge in [-0.1, -0.05) is 18.2 Å². The third-order valence-corrected chi connectivity index (χ3v) is 5.45. The zero-order valence-electron chi connectivity index (χ0n) is 16.9. The monoisotopic (exact) mass is 459 g/mol. The van der Waals surface area contributed by atoms with Gasteiger partial charge in [0, 0.05) is 18.5 Å². The number of carbonyl (C=O) groups excluding carboxylic acids is 5. The molecule has 170 valence electrons. The molecule has 1 fully saturated rings. The predicted octanol–water partition coefficient (Wildman–Crippen LogP) is 2.04. The van der Waals surface area contributed by atoms with E-state index in [-0.39, 0.29) is 41.6 Å². The van der Waals surface area contributed by atoms with Gasteiger partial charge in [-0.25, -0.2) is 0 Å². The van der Waals surface area contributed by atoms with E-state index in [4.69, 9.17) is 0 Å². The van der Waals surface area contributed by atoms with Gasteiger partial charge in [-0.2, -0.15) is 13.2 Å². The Morgan fingerprint density at radius 1 is 1.06 bits per heavy atom. The fraction of sp³-hybridized carbons (Fsp3) is 0.227. The summed E-state index contributed by atoms with van der Waals surface area (Å²) in [6.45, 7) is -0.236. The highest BCUT2D eigenvalue weighted by Gasteiger charge is 2.45. The minimum Gasteiger partial charge on any atom is -0.348 e. The second kappa shape index (κ2) is 8.15. The van der Waals surface area contributed by atoms with Crippen LogP contribution in [0.25, 0.3) is 0 Å². The average Bonchev–Trinajstić information content (AvgIpc) is 3.02. The van der Waals surface area contributed by atoms with Gasteiger partial charge >= 0.3 is 6.18 Å². The van der Waals surface area contributed by atoms with Crippen LogP contribution in [-0.2, 0) is 22.3 Å².